The summed E-state index contributed by atoms with van der Waals surface area (Å²) in [5.41, 5.74) is -0.394. The number of sulfonamides is 1. The van der Waals surface area contributed by atoms with Gasteiger partial charge in [0.15, 0.2) is 5.82 Å². The van der Waals surface area contributed by atoms with Crippen LogP contribution < -0.4 is 15.0 Å². The van der Waals surface area contributed by atoms with Gasteiger partial charge in [-0.2, -0.15) is 9.29 Å². The highest BCUT2D eigenvalue weighted by molar-refractivity contribution is 7.88. The van der Waals surface area contributed by atoms with Crippen LogP contribution in [0.2, 0.25) is 0 Å². The minimum Gasteiger partial charge on any atom is -0.492 e. The monoisotopic (exact) mass is 638 g/mol. The summed E-state index contributed by atoms with van der Waals surface area (Å²) in [6.45, 7) is 6.14. The number of nitrogens with zero attached hydrogens (tertiary/aromatic N) is 5. The quantitative estimate of drug-likeness (QED) is 0.219. The van der Waals surface area contributed by atoms with Gasteiger partial charge in [0.25, 0.3) is 5.91 Å². The average Bonchev–Trinajstić information content (AvgIpc) is 3.57. The standard InChI is InChI=1S/C27H35FN6O9S/c1-17(2)22-30-26(43-31-22)32-9-6-18(7-10-32)15-29-8-13-40-19-4-5-20(21(28)14-19)23(35)34-12-11-33(44(3,38)39)16-27(34)41-24(36)25(37)42-27/h4-5,14,17-18,29H,6-13,15-16H2,1-3H3. The van der Waals surface area contributed by atoms with Gasteiger partial charge in [0, 0.05) is 44.7 Å². The van der Waals surface area contributed by atoms with Crippen molar-refractivity contribution < 1.29 is 45.9 Å². The Morgan fingerprint density at radius 1 is 1.16 bits per heavy atom. The number of esters is 2. The highest BCUT2D eigenvalue weighted by Gasteiger charge is 2.59. The summed E-state index contributed by atoms with van der Waals surface area (Å²) in [5, 5.41) is 7.38. The first kappa shape index (κ1) is 31.6. The first-order valence-electron chi connectivity index (χ1n) is 14.3. The molecule has 5 rings (SSSR count). The maximum atomic E-state index is 15.1. The van der Waals surface area contributed by atoms with E-state index in [2.05, 4.69) is 20.4 Å². The molecule has 0 radical (unpaired) electrons. The number of anilines is 1. The van der Waals surface area contributed by atoms with E-state index in [9.17, 15) is 22.8 Å². The van der Waals surface area contributed by atoms with Gasteiger partial charge in [-0.05, 0) is 37.4 Å². The number of piperazine rings is 1. The predicted molar refractivity (Wildman–Crippen MR) is 150 cm³/mol. The number of amides is 1. The molecule has 0 unspecified atom stereocenters. The molecule has 0 aliphatic carbocycles. The van der Waals surface area contributed by atoms with Crippen LogP contribution in [0.3, 0.4) is 0 Å². The van der Waals surface area contributed by atoms with E-state index < -0.39 is 51.7 Å². The van der Waals surface area contributed by atoms with Crippen molar-refractivity contribution in [1.82, 2.24) is 24.7 Å². The second-order valence-electron chi connectivity index (χ2n) is 11.3. The zero-order valence-electron chi connectivity index (χ0n) is 24.7. The van der Waals surface area contributed by atoms with Crippen molar-refractivity contribution in [2.24, 2.45) is 5.92 Å². The van der Waals surface area contributed by atoms with Gasteiger partial charge in [-0.3, -0.25) is 9.69 Å². The van der Waals surface area contributed by atoms with Crippen LogP contribution in [0.15, 0.2) is 22.7 Å². The van der Waals surface area contributed by atoms with Crippen molar-refractivity contribution >= 4 is 33.9 Å². The summed E-state index contributed by atoms with van der Waals surface area (Å²) in [4.78, 5) is 44.4. The number of hydrogen-bond acceptors (Lipinski definition) is 13. The average molecular weight is 639 g/mol. The number of carbonyl (C=O) groups is 3. The van der Waals surface area contributed by atoms with Crippen LogP contribution in [0.25, 0.3) is 0 Å². The lowest BCUT2D eigenvalue weighted by atomic mass is 9.97. The van der Waals surface area contributed by atoms with E-state index in [0.29, 0.717) is 24.3 Å². The van der Waals surface area contributed by atoms with E-state index in [1.54, 1.807) is 0 Å². The number of halogens is 1. The van der Waals surface area contributed by atoms with E-state index in [0.717, 1.165) is 54.0 Å². The third-order valence-corrected chi connectivity index (χ3v) is 8.98. The van der Waals surface area contributed by atoms with E-state index in [1.807, 2.05) is 13.8 Å². The smallest absolute Gasteiger partial charge is 0.422 e. The Bertz CT molecular complexity index is 1490. The molecule has 1 aromatic heterocycles. The summed E-state index contributed by atoms with van der Waals surface area (Å²) in [5.74, 6) is -5.38. The third-order valence-electron chi connectivity index (χ3n) is 7.73. The Hall–Kier alpha value is -3.83. The molecular weight excluding hydrogens is 603 g/mol. The number of rotatable bonds is 10. The van der Waals surface area contributed by atoms with Crippen LogP contribution >= 0.6 is 0 Å². The zero-order chi connectivity index (χ0) is 31.6. The van der Waals surface area contributed by atoms with E-state index in [-0.39, 0.29) is 31.4 Å². The van der Waals surface area contributed by atoms with Gasteiger partial charge in [0.1, 0.15) is 24.7 Å². The molecule has 1 N–H and O–H groups in total. The Balaban J connectivity index is 1.10. The molecule has 3 aliphatic rings. The van der Waals surface area contributed by atoms with Crippen LogP contribution in [0.1, 0.15) is 48.8 Å². The normalized spacial score (nSPS) is 19.5. The summed E-state index contributed by atoms with van der Waals surface area (Å²) in [6, 6.07) is 4.24. The largest absolute Gasteiger partial charge is 0.492 e. The van der Waals surface area contributed by atoms with Gasteiger partial charge < -0.3 is 29.0 Å². The second-order valence-corrected chi connectivity index (χ2v) is 13.2. The van der Waals surface area contributed by atoms with E-state index in [4.69, 9.17) is 18.7 Å². The lowest BCUT2D eigenvalue weighted by Crippen LogP contribution is -2.65. The van der Waals surface area contributed by atoms with Crippen molar-refractivity contribution in [1.29, 1.82) is 0 Å². The van der Waals surface area contributed by atoms with Gasteiger partial charge in [0.05, 0.1) is 11.8 Å². The van der Waals surface area contributed by atoms with Crippen molar-refractivity contribution in [2.75, 3.05) is 63.6 Å². The number of hydrogen-bond donors (Lipinski definition) is 1. The van der Waals surface area contributed by atoms with Gasteiger partial charge in [-0.15, -0.1) is 0 Å². The molecule has 4 heterocycles. The minimum absolute atomic E-state index is 0.172. The molecule has 0 atom stereocenters. The fourth-order valence-electron chi connectivity index (χ4n) is 5.25. The van der Waals surface area contributed by atoms with Crippen LogP contribution in [-0.2, 0) is 29.1 Å². The van der Waals surface area contributed by atoms with Crippen molar-refractivity contribution in [3.63, 3.8) is 0 Å². The first-order valence-corrected chi connectivity index (χ1v) is 16.2. The summed E-state index contributed by atoms with van der Waals surface area (Å²) in [6.07, 6.45) is 2.86. The van der Waals surface area contributed by atoms with Crippen LogP contribution in [0.4, 0.5) is 10.4 Å². The maximum absolute atomic E-state index is 15.1. The SMILES string of the molecule is CC(C)c1noc(N2CCC(CNCCOc3ccc(C(=O)N4CCN(S(C)(=O)=O)CC45OC(=O)C(=O)O5)c(F)c3)CC2)n1. The molecule has 2 aromatic rings. The Morgan fingerprint density at radius 2 is 1.86 bits per heavy atom. The lowest BCUT2D eigenvalue weighted by molar-refractivity contribution is -0.248. The molecular formula is C27H35FN6O9S. The minimum atomic E-state index is -3.78. The molecule has 1 amide bonds. The summed E-state index contributed by atoms with van der Waals surface area (Å²) in [7, 11) is -3.78. The van der Waals surface area contributed by atoms with Gasteiger partial charge in [0.2, 0.25) is 10.0 Å². The van der Waals surface area contributed by atoms with E-state index in [1.165, 1.54) is 12.1 Å². The number of piperidine rings is 1. The summed E-state index contributed by atoms with van der Waals surface area (Å²) < 4.78 is 61.2. The van der Waals surface area contributed by atoms with Crippen LogP contribution in [0.5, 0.6) is 5.75 Å². The number of aromatic nitrogens is 2. The Labute approximate surface area is 253 Å². The molecule has 3 saturated heterocycles. The van der Waals surface area contributed by atoms with Gasteiger partial charge in [-0.25, -0.2) is 22.4 Å². The molecule has 3 aliphatic heterocycles. The van der Waals surface area contributed by atoms with Gasteiger partial charge in [-0.1, -0.05) is 19.0 Å². The maximum Gasteiger partial charge on any atom is 0.422 e. The highest BCUT2D eigenvalue weighted by Crippen LogP contribution is 2.33. The lowest BCUT2D eigenvalue weighted by Gasteiger charge is -2.43. The fourth-order valence-corrected chi connectivity index (χ4v) is 6.06. The first-order chi connectivity index (χ1) is 20.9. The molecule has 15 nitrogen and oxygen atoms in total. The van der Waals surface area contributed by atoms with Crippen LogP contribution in [-0.4, -0.2) is 110 Å². The second kappa shape index (κ2) is 12.6. The van der Waals surface area contributed by atoms with E-state index >= 15 is 4.39 Å². The predicted octanol–water partition coefficient (Wildman–Crippen LogP) is 0.688. The Morgan fingerprint density at radius 3 is 2.48 bits per heavy atom. The molecule has 44 heavy (non-hydrogen) atoms. The van der Waals surface area contributed by atoms with Gasteiger partial charge >= 0.3 is 23.9 Å². The Kier molecular flexibility index (Phi) is 9.08. The number of benzene rings is 1. The molecule has 0 saturated carbocycles. The van der Waals surface area contributed by atoms with Crippen molar-refractivity contribution in [3.8, 4) is 5.75 Å². The topological polar surface area (TPSA) is 174 Å². The number of carbonyl (C=O) groups excluding carboxylic acids is 3. The molecule has 240 valence electrons. The summed E-state index contributed by atoms with van der Waals surface area (Å²) >= 11 is 0. The third kappa shape index (κ3) is 6.78. The van der Waals surface area contributed by atoms with Crippen LogP contribution in [0, 0.1) is 11.7 Å². The highest BCUT2D eigenvalue weighted by atomic mass is 32.2. The molecule has 17 heteroatoms. The van der Waals surface area contributed by atoms with Crippen molar-refractivity contribution in [2.45, 2.75) is 38.5 Å². The van der Waals surface area contributed by atoms with Crippen molar-refractivity contribution in [3.05, 3.63) is 35.4 Å². The zero-order valence-corrected chi connectivity index (χ0v) is 25.5. The number of ether oxygens (including phenoxy) is 3. The molecule has 3 fully saturated rings. The number of nitrogens with one attached hydrogen (secondary N) is 1. The molecule has 0 bridgehead atoms. The fraction of sp³-hybridized carbons (Fsp3) is 0.593. The molecule has 1 aromatic carbocycles. The molecule has 1 spiro atoms.